The second-order valence-corrected chi connectivity index (χ2v) is 2.89. The Bertz CT molecular complexity index is 269. The first-order chi connectivity index (χ1) is 5.79. The highest BCUT2D eigenvalue weighted by atomic mass is 16.5. The summed E-state index contributed by atoms with van der Waals surface area (Å²) in [5.41, 5.74) is 0. The van der Waals surface area contributed by atoms with E-state index in [2.05, 4.69) is 4.99 Å². The number of nitrogens with zero attached hydrogens (tertiary/aromatic N) is 1. The van der Waals surface area contributed by atoms with Gasteiger partial charge in [0.25, 0.3) is 0 Å². The molecule has 0 aromatic rings. The molecular weight excluding hydrogens is 158 g/mol. The fourth-order valence-electron chi connectivity index (χ4n) is 1.59. The summed E-state index contributed by atoms with van der Waals surface area (Å²) < 4.78 is 5.24. The quantitative estimate of drug-likeness (QED) is 0.616. The minimum absolute atomic E-state index is 0.0347. The summed E-state index contributed by atoms with van der Waals surface area (Å²) in [4.78, 5) is 14.6. The number of hydrogen-bond acceptors (Lipinski definition) is 3. The Labute approximate surface area is 69.6 Å². The van der Waals surface area contributed by atoms with Crippen LogP contribution in [0.4, 0.5) is 0 Å². The van der Waals surface area contributed by atoms with Crippen LogP contribution in [0.25, 0.3) is 0 Å². The first-order valence-corrected chi connectivity index (χ1v) is 3.88. The monoisotopic (exact) mass is 167 g/mol. The molecule has 0 amide bonds. The van der Waals surface area contributed by atoms with Crippen molar-refractivity contribution in [2.75, 3.05) is 6.61 Å². The Kier molecular flexibility index (Phi) is 1.60. The zero-order chi connectivity index (χ0) is 8.55. The number of carbonyl (C=O) groups is 1. The van der Waals surface area contributed by atoms with Gasteiger partial charge in [0.05, 0.1) is 12.5 Å². The van der Waals surface area contributed by atoms with Crippen molar-refractivity contribution in [1.29, 1.82) is 0 Å². The van der Waals surface area contributed by atoms with Gasteiger partial charge in [0.2, 0.25) is 0 Å². The Balaban J connectivity index is 2.24. The number of hydrogen-bond donors (Lipinski definition) is 1. The maximum Gasteiger partial charge on any atom is 0.329 e. The van der Waals surface area contributed by atoms with Crippen LogP contribution < -0.4 is 0 Å². The van der Waals surface area contributed by atoms with Gasteiger partial charge in [-0.3, -0.25) is 4.99 Å². The summed E-state index contributed by atoms with van der Waals surface area (Å²) >= 11 is 0. The highest BCUT2D eigenvalue weighted by molar-refractivity contribution is 5.82. The van der Waals surface area contributed by atoms with Crippen molar-refractivity contribution in [3.8, 4) is 0 Å². The molecule has 2 aliphatic heterocycles. The summed E-state index contributed by atoms with van der Waals surface area (Å²) in [5.74, 6) is -0.128. The van der Waals surface area contributed by atoms with Crippen molar-refractivity contribution in [2.45, 2.75) is 12.5 Å². The van der Waals surface area contributed by atoms with Crippen LogP contribution in [0.3, 0.4) is 0 Å². The van der Waals surface area contributed by atoms with Crippen molar-refractivity contribution in [1.82, 2.24) is 0 Å². The number of dihydropyridines is 1. The van der Waals surface area contributed by atoms with E-state index in [1.54, 1.807) is 6.08 Å². The van der Waals surface area contributed by atoms with Crippen molar-refractivity contribution < 1.29 is 14.6 Å². The number of allylic oxidation sites excluding steroid dienone is 1. The topological polar surface area (TPSA) is 58.9 Å². The molecule has 1 fully saturated rings. The molecular formula is C8H9NO3. The smallest absolute Gasteiger partial charge is 0.329 e. The van der Waals surface area contributed by atoms with E-state index in [1.165, 1.54) is 6.21 Å². The standard InChI is InChI=1S/C8H9NO3/c10-8(11)7-5-2-4-12-6(5)1-3-9-7/h1,3,5,7H,2,4H2,(H,10,11). The zero-order valence-electron chi connectivity index (χ0n) is 6.43. The highest BCUT2D eigenvalue weighted by Gasteiger charge is 2.36. The van der Waals surface area contributed by atoms with Crippen LogP contribution >= 0.6 is 0 Å². The van der Waals surface area contributed by atoms with Crippen molar-refractivity contribution in [2.24, 2.45) is 10.9 Å². The van der Waals surface area contributed by atoms with Crippen LogP contribution in [0.2, 0.25) is 0 Å². The molecule has 0 radical (unpaired) electrons. The third-order valence-corrected chi connectivity index (χ3v) is 2.18. The Morgan fingerprint density at radius 2 is 2.58 bits per heavy atom. The first kappa shape index (κ1) is 7.34. The first-order valence-electron chi connectivity index (χ1n) is 3.88. The molecule has 1 N–H and O–H groups in total. The van der Waals surface area contributed by atoms with E-state index >= 15 is 0 Å². The van der Waals surface area contributed by atoms with Gasteiger partial charge in [-0.25, -0.2) is 4.79 Å². The maximum atomic E-state index is 10.7. The lowest BCUT2D eigenvalue weighted by atomic mass is 9.95. The SMILES string of the molecule is O=C(O)C1N=CC=C2OCCC21. The summed E-state index contributed by atoms with van der Waals surface area (Å²) in [5, 5.41) is 8.79. The van der Waals surface area contributed by atoms with Crippen LogP contribution in [0, 0.1) is 5.92 Å². The number of ether oxygens (including phenoxy) is 1. The molecule has 0 spiro atoms. The summed E-state index contributed by atoms with van der Waals surface area (Å²) in [6, 6.07) is -0.632. The van der Waals surface area contributed by atoms with Crippen LogP contribution in [0.1, 0.15) is 6.42 Å². The lowest BCUT2D eigenvalue weighted by Crippen LogP contribution is -2.29. The summed E-state index contributed by atoms with van der Waals surface area (Å²) in [6.07, 6.45) is 4.02. The number of aliphatic imine (C=N–C) groups is 1. The fraction of sp³-hybridized carbons (Fsp3) is 0.500. The Morgan fingerprint density at radius 1 is 1.75 bits per heavy atom. The molecule has 2 heterocycles. The molecule has 1 saturated heterocycles. The van der Waals surface area contributed by atoms with Crippen molar-refractivity contribution >= 4 is 12.2 Å². The van der Waals surface area contributed by atoms with Crippen molar-refractivity contribution in [3.63, 3.8) is 0 Å². The molecule has 0 aliphatic carbocycles. The molecule has 64 valence electrons. The molecule has 2 aliphatic rings. The van der Waals surface area contributed by atoms with Gasteiger partial charge < -0.3 is 9.84 Å². The summed E-state index contributed by atoms with van der Waals surface area (Å²) in [6.45, 7) is 0.615. The third kappa shape index (κ3) is 0.995. The maximum absolute atomic E-state index is 10.7. The average molecular weight is 167 g/mol. The molecule has 4 heteroatoms. The van der Waals surface area contributed by atoms with Crippen LogP contribution in [-0.2, 0) is 9.53 Å². The van der Waals surface area contributed by atoms with Gasteiger partial charge >= 0.3 is 5.97 Å². The lowest BCUT2D eigenvalue weighted by Gasteiger charge is -2.17. The van der Waals surface area contributed by atoms with Crippen LogP contribution in [0.15, 0.2) is 16.8 Å². The Morgan fingerprint density at radius 3 is 3.33 bits per heavy atom. The fourth-order valence-corrected chi connectivity index (χ4v) is 1.59. The predicted molar refractivity (Wildman–Crippen MR) is 42.1 cm³/mol. The van der Waals surface area contributed by atoms with Gasteiger partial charge in [0.1, 0.15) is 5.76 Å². The van der Waals surface area contributed by atoms with E-state index < -0.39 is 12.0 Å². The van der Waals surface area contributed by atoms with Crippen LogP contribution in [0.5, 0.6) is 0 Å². The van der Waals surface area contributed by atoms with E-state index in [1.807, 2.05) is 0 Å². The van der Waals surface area contributed by atoms with Gasteiger partial charge in [-0.1, -0.05) is 0 Å². The molecule has 2 rings (SSSR count). The second-order valence-electron chi connectivity index (χ2n) is 2.89. The number of carboxylic acids is 1. The molecule has 0 aromatic carbocycles. The number of fused-ring (bicyclic) bond motifs is 1. The van der Waals surface area contributed by atoms with Crippen molar-refractivity contribution in [3.05, 3.63) is 11.8 Å². The largest absolute Gasteiger partial charge is 0.497 e. The summed E-state index contributed by atoms with van der Waals surface area (Å²) in [7, 11) is 0. The average Bonchev–Trinajstić information content (AvgIpc) is 2.49. The Hall–Kier alpha value is -1.32. The molecule has 0 bridgehead atoms. The van der Waals surface area contributed by atoms with Gasteiger partial charge in [-0.05, 0) is 12.5 Å². The number of aliphatic carboxylic acids is 1. The van der Waals surface area contributed by atoms with E-state index in [-0.39, 0.29) is 5.92 Å². The normalized spacial score (nSPS) is 32.2. The van der Waals surface area contributed by atoms with Gasteiger partial charge in [0.15, 0.2) is 6.04 Å². The van der Waals surface area contributed by atoms with E-state index in [9.17, 15) is 4.79 Å². The lowest BCUT2D eigenvalue weighted by molar-refractivity contribution is -0.139. The molecule has 2 unspecified atom stereocenters. The van der Waals surface area contributed by atoms with E-state index in [4.69, 9.17) is 9.84 Å². The molecule has 4 nitrogen and oxygen atoms in total. The molecule has 0 aromatic heterocycles. The van der Waals surface area contributed by atoms with E-state index in [0.717, 1.165) is 12.2 Å². The van der Waals surface area contributed by atoms with Gasteiger partial charge in [-0.15, -0.1) is 0 Å². The minimum Gasteiger partial charge on any atom is -0.497 e. The third-order valence-electron chi connectivity index (χ3n) is 2.18. The van der Waals surface area contributed by atoms with Crippen LogP contribution in [-0.4, -0.2) is 29.9 Å². The molecule has 0 saturated carbocycles. The van der Waals surface area contributed by atoms with Gasteiger partial charge in [-0.2, -0.15) is 0 Å². The zero-order valence-corrected chi connectivity index (χ0v) is 6.43. The second kappa shape index (κ2) is 2.62. The van der Waals surface area contributed by atoms with Gasteiger partial charge in [0, 0.05) is 6.21 Å². The molecule has 2 atom stereocenters. The predicted octanol–water partition coefficient (Wildman–Crippen LogP) is 0.444. The van der Waals surface area contributed by atoms with E-state index in [0.29, 0.717) is 6.61 Å². The number of carboxylic acid groups (broad SMARTS) is 1. The number of rotatable bonds is 1. The minimum atomic E-state index is -0.868. The highest BCUT2D eigenvalue weighted by Crippen LogP contribution is 2.31. The molecule has 12 heavy (non-hydrogen) atoms.